The number of likely N-dealkylation sites (N-methyl/N-ethyl adjacent to an activating group) is 1. The summed E-state index contributed by atoms with van der Waals surface area (Å²) in [6, 6.07) is 7.06. The quantitative estimate of drug-likeness (QED) is 0.437. The minimum atomic E-state index is -0.113. The van der Waals surface area contributed by atoms with E-state index in [-0.39, 0.29) is 5.91 Å². The van der Waals surface area contributed by atoms with E-state index in [4.69, 9.17) is 32.9 Å². The van der Waals surface area contributed by atoms with Crippen molar-refractivity contribution in [2.45, 2.75) is 13.8 Å². The Hall–Kier alpha value is -1.38. The second kappa shape index (κ2) is 9.41. The molecule has 3 rings (SSSR count). The number of hydrogen-bond donors (Lipinski definition) is 0. The monoisotopic (exact) mass is 457 g/mol. The maximum absolute atomic E-state index is 13.2. The van der Waals surface area contributed by atoms with Crippen LogP contribution in [0.5, 0.6) is 5.75 Å². The van der Waals surface area contributed by atoms with Gasteiger partial charge in [-0.3, -0.25) is 9.69 Å². The predicted molar refractivity (Wildman–Crippen MR) is 120 cm³/mol. The van der Waals surface area contributed by atoms with Gasteiger partial charge >= 0.3 is 0 Å². The van der Waals surface area contributed by atoms with Gasteiger partial charge in [-0.25, -0.2) is 4.98 Å². The van der Waals surface area contributed by atoms with Crippen molar-refractivity contribution in [2.75, 3.05) is 38.2 Å². The topological polar surface area (TPSA) is 45.7 Å². The molecule has 1 amide bonds. The first kappa shape index (κ1) is 21.3. The Kier molecular flexibility index (Phi) is 7.17. The number of aromatic nitrogens is 1. The zero-order valence-electron chi connectivity index (χ0n) is 15.9. The van der Waals surface area contributed by atoms with Crippen LogP contribution >= 0.6 is 45.9 Å². The first-order chi connectivity index (χ1) is 13.5. The van der Waals surface area contributed by atoms with E-state index in [1.807, 2.05) is 0 Å². The van der Waals surface area contributed by atoms with Crippen molar-refractivity contribution in [1.29, 1.82) is 0 Å². The fourth-order valence-corrected chi connectivity index (χ4v) is 5.12. The standard InChI is InChI=1S/C19H21Cl2N3O2S2/c1-4-23(5-2)10-11-24(18(25)14-8-9-15(21)27-14)19-22-16-13(26-3)7-6-12(20)17(16)28-19/h6-9H,4-5,10-11H2,1-3H3. The molecule has 0 saturated carbocycles. The Morgan fingerprint density at radius 3 is 2.46 bits per heavy atom. The maximum atomic E-state index is 13.2. The van der Waals surface area contributed by atoms with Crippen LogP contribution in [0.4, 0.5) is 5.13 Å². The molecule has 9 heteroatoms. The van der Waals surface area contributed by atoms with E-state index in [1.54, 1.807) is 36.3 Å². The highest BCUT2D eigenvalue weighted by atomic mass is 35.5. The lowest BCUT2D eigenvalue weighted by Crippen LogP contribution is -2.38. The zero-order chi connectivity index (χ0) is 20.3. The largest absolute Gasteiger partial charge is 0.494 e. The number of thiophene rings is 1. The average Bonchev–Trinajstić information content (AvgIpc) is 3.32. The second-order valence-electron chi connectivity index (χ2n) is 6.01. The predicted octanol–water partition coefficient (Wildman–Crippen LogP) is 5.66. The van der Waals surface area contributed by atoms with Crippen LogP contribution in [0.2, 0.25) is 9.36 Å². The van der Waals surface area contributed by atoms with Gasteiger partial charge < -0.3 is 9.64 Å². The van der Waals surface area contributed by atoms with Gasteiger partial charge in [0, 0.05) is 13.1 Å². The summed E-state index contributed by atoms with van der Waals surface area (Å²) >= 11 is 15.1. The minimum Gasteiger partial charge on any atom is -0.494 e. The molecule has 0 aliphatic heterocycles. The number of fused-ring (bicyclic) bond motifs is 1. The summed E-state index contributed by atoms with van der Waals surface area (Å²) in [5.41, 5.74) is 0.667. The molecule has 0 aliphatic rings. The van der Waals surface area contributed by atoms with E-state index in [0.717, 1.165) is 24.3 Å². The highest BCUT2D eigenvalue weighted by Gasteiger charge is 2.24. The third kappa shape index (κ3) is 4.44. The molecular weight excluding hydrogens is 437 g/mol. The maximum Gasteiger partial charge on any atom is 0.270 e. The Balaban J connectivity index is 2.01. The van der Waals surface area contributed by atoms with Crippen molar-refractivity contribution in [3.8, 4) is 5.75 Å². The molecule has 0 radical (unpaired) electrons. The molecule has 0 unspecified atom stereocenters. The lowest BCUT2D eigenvalue weighted by molar-refractivity contribution is 0.0987. The molecule has 0 N–H and O–H groups in total. The van der Waals surface area contributed by atoms with Gasteiger partial charge in [-0.05, 0) is 37.4 Å². The minimum absolute atomic E-state index is 0.113. The van der Waals surface area contributed by atoms with Crippen LogP contribution in [-0.4, -0.2) is 49.1 Å². The van der Waals surface area contributed by atoms with E-state index in [0.29, 0.717) is 37.2 Å². The average molecular weight is 458 g/mol. The van der Waals surface area contributed by atoms with Crippen molar-refractivity contribution >= 4 is 67.1 Å². The number of methoxy groups -OCH3 is 1. The van der Waals surface area contributed by atoms with Crippen LogP contribution in [0, 0.1) is 0 Å². The number of thiazole rings is 1. The number of amides is 1. The number of nitrogens with zero attached hydrogens (tertiary/aromatic N) is 3. The fraction of sp³-hybridized carbons (Fsp3) is 0.368. The first-order valence-corrected chi connectivity index (χ1v) is 11.3. The summed E-state index contributed by atoms with van der Waals surface area (Å²) in [7, 11) is 1.60. The number of benzene rings is 1. The van der Waals surface area contributed by atoms with E-state index in [1.165, 1.54) is 22.7 Å². The molecule has 3 aromatic rings. The molecule has 5 nitrogen and oxygen atoms in total. The lowest BCUT2D eigenvalue weighted by Gasteiger charge is -2.24. The van der Waals surface area contributed by atoms with E-state index >= 15 is 0 Å². The summed E-state index contributed by atoms with van der Waals surface area (Å²) in [5.74, 6) is 0.524. The van der Waals surface area contributed by atoms with Crippen molar-refractivity contribution in [3.05, 3.63) is 38.5 Å². The highest BCUT2D eigenvalue weighted by molar-refractivity contribution is 7.23. The molecule has 0 atom stereocenters. The summed E-state index contributed by atoms with van der Waals surface area (Å²) in [6.45, 7) is 7.33. The van der Waals surface area contributed by atoms with E-state index < -0.39 is 0 Å². The molecule has 0 bridgehead atoms. The summed E-state index contributed by atoms with van der Waals surface area (Å²) in [5, 5.41) is 1.19. The van der Waals surface area contributed by atoms with Crippen molar-refractivity contribution in [1.82, 2.24) is 9.88 Å². The SMILES string of the molecule is CCN(CC)CCN(C(=O)c1ccc(Cl)s1)c1nc2c(OC)ccc(Cl)c2s1. The van der Waals surface area contributed by atoms with Crippen LogP contribution in [0.15, 0.2) is 24.3 Å². The van der Waals surface area contributed by atoms with Gasteiger partial charge in [0.05, 0.1) is 26.0 Å². The van der Waals surface area contributed by atoms with Gasteiger partial charge in [0.25, 0.3) is 5.91 Å². The Morgan fingerprint density at radius 1 is 1.11 bits per heavy atom. The molecule has 150 valence electrons. The number of rotatable bonds is 8. The molecule has 2 heterocycles. The number of carbonyl (C=O) groups excluding carboxylic acids is 1. The Labute approximate surface area is 182 Å². The molecule has 1 aromatic carbocycles. The number of ether oxygens (including phenoxy) is 1. The van der Waals surface area contributed by atoms with Gasteiger partial charge in [-0.1, -0.05) is 48.4 Å². The summed E-state index contributed by atoms with van der Waals surface area (Å²) < 4.78 is 6.81. The number of carbonyl (C=O) groups is 1. The lowest BCUT2D eigenvalue weighted by atomic mass is 10.3. The molecule has 0 spiro atoms. The first-order valence-electron chi connectivity index (χ1n) is 8.91. The number of anilines is 1. The highest BCUT2D eigenvalue weighted by Crippen LogP contribution is 2.39. The zero-order valence-corrected chi connectivity index (χ0v) is 19.0. The fourth-order valence-electron chi connectivity index (χ4n) is 2.85. The van der Waals surface area contributed by atoms with Crippen molar-refractivity contribution < 1.29 is 9.53 Å². The van der Waals surface area contributed by atoms with E-state index in [9.17, 15) is 4.79 Å². The second-order valence-corrected chi connectivity index (χ2v) is 9.11. The van der Waals surface area contributed by atoms with Gasteiger partial charge in [-0.15, -0.1) is 11.3 Å². The van der Waals surface area contributed by atoms with Gasteiger partial charge in [0.1, 0.15) is 11.3 Å². The van der Waals surface area contributed by atoms with Crippen LogP contribution in [0.25, 0.3) is 10.2 Å². The number of hydrogen-bond acceptors (Lipinski definition) is 6. The van der Waals surface area contributed by atoms with Gasteiger partial charge in [0.15, 0.2) is 5.13 Å². The van der Waals surface area contributed by atoms with Crippen molar-refractivity contribution in [2.24, 2.45) is 0 Å². The van der Waals surface area contributed by atoms with Gasteiger partial charge in [0.2, 0.25) is 0 Å². The molecular formula is C19H21Cl2N3O2S2. The summed E-state index contributed by atoms with van der Waals surface area (Å²) in [4.78, 5) is 22.5. The Morgan fingerprint density at radius 2 is 1.86 bits per heavy atom. The normalized spacial score (nSPS) is 11.4. The third-order valence-electron chi connectivity index (χ3n) is 4.46. The summed E-state index contributed by atoms with van der Waals surface area (Å²) in [6.07, 6.45) is 0. The molecule has 0 aliphatic carbocycles. The number of halogens is 2. The molecule has 28 heavy (non-hydrogen) atoms. The van der Waals surface area contributed by atoms with Crippen LogP contribution < -0.4 is 9.64 Å². The van der Waals surface area contributed by atoms with E-state index in [2.05, 4.69) is 18.7 Å². The van der Waals surface area contributed by atoms with Crippen LogP contribution in [0.3, 0.4) is 0 Å². The molecule has 0 saturated heterocycles. The van der Waals surface area contributed by atoms with Crippen LogP contribution in [0.1, 0.15) is 23.5 Å². The van der Waals surface area contributed by atoms with Crippen molar-refractivity contribution in [3.63, 3.8) is 0 Å². The van der Waals surface area contributed by atoms with Crippen LogP contribution in [-0.2, 0) is 0 Å². The smallest absolute Gasteiger partial charge is 0.270 e. The molecule has 0 fully saturated rings. The third-order valence-corrected chi connectivity index (χ3v) is 7.22. The molecule has 2 aromatic heterocycles. The van der Waals surface area contributed by atoms with Gasteiger partial charge in [-0.2, -0.15) is 0 Å². The Bertz CT molecular complexity index is 969.